The predicted octanol–water partition coefficient (Wildman–Crippen LogP) is 9.56. The number of unbranched alkanes of at least 4 members (excludes halogenated alkanes) is 1. The van der Waals surface area contributed by atoms with Crippen molar-refractivity contribution < 1.29 is 19.4 Å². The lowest BCUT2D eigenvalue weighted by atomic mass is 9.82. The zero-order chi connectivity index (χ0) is 35.2. The molecule has 1 fully saturated rings. The minimum Gasteiger partial charge on any atom is -0.489 e. The van der Waals surface area contributed by atoms with Gasteiger partial charge < -0.3 is 25.0 Å². The van der Waals surface area contributed by atoms with Crippen LogP contribution in [-0.4, -0.2) is 43.2 Å². The lowest BCUT2D eigenvalue weighted by molar-refractivity contribution is -0.117. The zero-order valence-corrected chi connectivity index (χ0v) is 30.1. The van der Waals surface area contributed by atoms with Crippen LogP contribution in [0.5, 0.6) is 0 Å². The number of hydrogen-bond acceptors (Lipinski definition) is 5. The van der Waals surface area contributed by atoms with Gasteiger partial charge in [0, 0.05) is 49.2 Å². The molecule has 2 aromatic carbocycles. The van der Waals surface area contributed by atoms with Crippen molar-refractivity contribution >= 4 is 28.9 Å². The van der Waals surface area contributed by atoms with Gasteiger partial charge in [0.05, 0.1) is 11.6 Å². The molecule has 0 bridgehead atoms. The second-order valence-corrected chi connectivity index (χ2v) is 12.9. The van der Waals surface area contributed by atoms with Crippen LogP contribution in [0.15, 0.2) is 85.2 Å². The third-order valence-electron chi connectivity index (χ3n) is 9.63. The van der Waals surface area contributed by atoms with E-state index in [-0.39, 0.29) is 17.5 Å². The van der Waals surface area contributed by atoms with E-state index >= 15 is 0 Å². The van der Waals surface area contributed by atoms with Crippen LogP contribution in [0.4, 0.5) is 17.1 Å². The van der Waals surface area contributed by atoms with E-state index in [1.54, 1.807) is 18.2 Å². The molecule has 7 nitrogen and oxygen atoms in total. The lowest BCUT2D eigenvalue weighted by Crippen LogP contribution is -2.31. The molecule has 7 heteroatoms. The first kappa shape index (κ1) is 38.2. The molecule has 3 atom stereocenters. The number of amides is 1. The number of likely N-dealkylation sites (N-methyl/N-ethyl adjacent to an activating group) is 1. The topological polar surface area (TPSA) is 82.1 Å². The van der Waals surface area contributed by atoms with E-state index in [9.17, 15) is 14.7 Å². The standard InChI is InChI=1S/C41H57N3O4/c1-9-13-16-29(5)32(11-3)25-34-20-21-35(41(46)47)27-39(34)43(8)31(7)33(15-10-2)19-18-30(6)48-28-36-26-37(22-23-38(36)42-12-4)44-24-14-17-40(44)45/h10,15,18-23,26-27,29,31-32,42H,2,6,9,11-14,16-17,24-25,28H2,1,3-5,7-8H3,(H,46,47)/b19-18-,33-15+. The van der Waals surface area contributed by atoms with Crippen molar-refractivity contribution in [1.82, 2.24) is 0 Å². The number of carboxylic acids is 1. The zero-order valence-electron chi connectivity index (χ0n) is 30.1. The Morgan fingerprint density at radius 2 is 1.90 bits per heavy atom. The van der Waals surface area contributed by atoms with Crippen molar-refractivity contribution in [1.29, 1.82) is 0 Å². The van der Waals surface area contributed by atoms with Crippen LogP contribution in [0.2, 0.25) is 0 Å². The van der Waals surface area contributed by atoms with Crippen LogP contribution >= 0.6 is 0 Å². The first-order valence-corrected chi connectivity index (χ1v) is 17.6. The Kier molecular flexibility index (Phi) is 15.1. The van der Waals surface area contributed by atoms with E-state index in [0.29, 0.717) is 30.6 Å². The Hall–Kier alpha value is -4.26. The van der Waals surface area contributed by atoms with Gasteiger partial charge in [-0.1, -0.05) is 83.9 Å². The number of aromatic carboxylic acids is 1. The van der Waals surface area contributed by atoms with Gasteiger partial charge in [-0.15, -0.1) is 0 Å². The maximum absolute atomic E-state index is 12.4. The largest absolute Gasteiger partial charge is 0.489 e. The minimum absolute atomic E-state index is 0.0949. The van der Waals surface area contributed by atoms with Gasteiger partial charge in [0.2, 0.25) is 5.91 Å². The highest BCUT2D eigenvalue weighted by Gasteiger charge is 2.24. The highest BCUT2D eigenvalue weighted by atomic mass is 16.5. The molecule has 1 saturated heterocycles. The van der Waals surface area contributed by atoms with Gasteiger partial charge in [-0.25, -0.2) is 4.79 Å². The number of anilines is 3. The van der Waals surface area contributed by atoms with Crippen molar-refractivity contribution in [2.75, 3.05) is 35.3 Å². The molecule has 0 aromatic heterocycles. The van der Waals surface area contributed by atoms with E-state index in [4.69, 9.17) is 4.74 Å². The van der Waals surface area contributed by atoms with Gasteiger partial charge in [0.15, 0.2) is 0 Å². The summed E-state index contributed by atoms with van der Waals surface area (Å²) in [5.74, 6) is 0.832. The number of allylic oxidation sites excluding steroid dienone is 3. The first-order valence-electron chi connectivity index (χ1n) is 17.6. The van der Waals surface area contributed by atoms with Gasteiger partial charge >= 0.3 is 5.97 Å². The number of nitrogens with zero attached hydrogens (tertiary/aromatic N) is 2. The highest BCUT2D eigenvalue weighted by molar-refractivity contribution is 5.95. The summed E-state index contributed by atoms with van der Waals surface area (Å²) in [5, 5.41) is 13.2. The number of carbonyl (C=O) groups excluding carboxylic acids is 1. The van der Waals surface area contributed by atoms with E-state index in [1.165, 1.54) is 19.3 Å². The lowest BCUT2D eigenvalue weighted by Gasteiger charge is -2.32. The van der Waals surface area contributed by atoms with Crippen molar-refractivity contribution in [3.05, 3.63) is 102 Å². The second kappa shape index (κ2) is 18.9. The molecule has 1 aliphatic heterocycles. The molecule has 0 radical (unpaired) electrons. The Morgan fingerprint density at radius 3 is 2.52 bits per heavy atom. The summed E-state index contributed by atoms with van der Waals surface area (Å²) >= 11 is 0. The number of ether oxygens (including phenoxy) is 1. The van der Waals surface area contributed by atoms with Crippen molar-refractivity contribution in [2.24, 2.45) is 11.8 Å². The van der Waals surface area contributed by atoms with Crippen molar-refractivity contribution in [3.8, 4) is 0 Å². The Labute approximate surface area is 289 Å². The summed E-state index contributed by atoms with van der Waals surface area (Å²) in [4.78, 5) is 28.4. The summed E-state index contributed by atoms with van der Waals surface area (Å²) in [7, 11) is 2.02. The molecule has 48 heavy (non-hydrogen) atoms. The predicted molar refractivity (Wildman–Crippen MR) is 201 cm³/mol. The van der Waals surface area contributed by atoms with Gasteiger partial charge in [0.25, 0.3) is 0 Å². The summed E-state index contributed by atoms with van der Waals surface area (Å²) in [5.41, 5.74) is 6.16. The van der Waals surface area contributed by atoms with Crippen LogP contribution in [-0.2, 0) is 22.6 Å². The Bertz CT molecular complexity index is 1480. The van der Waals surface area contributed by atoms with Gasteiger partial charge in [0.1, 0.15) is 12.4 Å². The third kappa shape index (κ3) is 10.4. The Morgan fingerprint density at radius 1 is 1.12 bits per heavy atom. The molecular weight excluding hydrogens is 598 g/mol. The van der Waals surface area contributed by atoms with Crippen LogP contribution in [0.1, 0.15) is 94.6 Å². The van der Waals surface area contributed by atoms with Gasteiger partial charge in [-0.3, -0.25) is 4.79 Å². The van der Waals surface area contributed by atoms with E-state index < -0.39 is 5.97 Å². The summed E-state index contributed by atoms with van der Waals surface area (Å²) in [6.45, 7) is 20.9. The number of carbonyl (C=O) groups is 2. The summed E-state index contributed by atoms with van der Waals surface area (Å²) in [6.07, 6.45) is 14.6. The molecule has 1 heterocycles. The maximum atomic E-state index is 12.4. The number of carboxylic acid groups (broad SMARTS) is 1. The molecular formula is C41H57N3O4. The molecule has 0 saturated carbocycles. The average Bonchev–Trinajstić information content (AvgIpc) is 3.52. The third-order valence-corrected chi connectivity index (χ3v) is 9.63. The molecule has 2 aromatic rings. The monoisotopic (exact) mass is 655 g/mol. The average molecular weight is 656 g/mol. The smallest absolute Gasteiger partial charge is 0.335 e. The minimum atomic E-state index is -0.933. The SMILES string of the molecule is C=C/C=C(\C=C/C(=C)OCc1cc(N2CCCC2=O)ccc1NCC)C(C)N(C)c1cc(C(=O)O)ccc1CC(CC)C(C)CCCC. The normalized spacial score (nSPS) is 15.3. The molecule has 0 spiro atoms. The number of rotatable bonds is 20. The van der Waals surface area contributed by atoms with Crippen molar-refractivity contribution in [2.45, 2.75) is 92.2 Å². The van der Waals surface area contributed by atoms with Gasteiger partial charge in [-0.05, 0) is 86.1 Å². The first-order chi connectivity index (χ1) is 23.0. The van der Waals surface area contributed by atoms with E-state index in [1.807, 2.05) is 61.4 Å². The number of benzene rings is 2. The molecule has 260 valence electrons. The molecule has 2 N–H and O–H groups in total. The Balaban J connectivity index is 1.80. The fraction of sp³-hybridized carbons (Fsp3) is 0.463. The summed E-state index contributed by atoms with van der Waals surface area (Å²) < 4.78 is 6.12. The fourth-order valence-corrected chi connectivity index (χ4v) is 6.45. The van der Waals surface area contributed by atoms with Crippen LogP contribution in [0.3, 0.4) is 0 Å². The van der Waals surface area contributed by atoms with E-state index in [2.05, 4.69) is 51.1 Å². The van der Waals surface area contributed by atoms with Gasteiger partial charge in [-0.2, -0.15) is 0 Å². The number of nitrogens with one attached hydrogen (secondary N) is 1. The van der Waals surface area contributed by atoms with E-state index in [0.717, 1.165) is 66.1 Å². The fourth-order valence-electron chi connectivity index (χ4n) is 6.45. The molecule has 3 unspecified atom stereocenters. The molecule has 1 aliphatic rings. The molecule has 1 amide bonds. The van der Waals surface area contributed by atoms with Crippen molar-refractivity contribution in [3.63, 3.8) is 0 Å². The molecule has 0 aliphatic carbocycles. The number of hydrogen-bond donors (Lipinski definition) is 2. The summed E-state index contributed by atoms with van der Waals surface area (Å²) in [6, 6.07) is 11.4. The van der Waals surface area contributed by atoms with Crippen LogP contribution in [0.25, 0.3) is 0 Å². The second-order valence-electron chi connectivity index (χ2n) is 12.9. The maximum Gasteiger partial charge on any atom is 0.335 e. The highest BCUT2D eigenvalue weighted by Crippen LogP contribution is 2.33. The van der Waals surface area contributed by atoms with Crippen LogP contribution in [0, 0.1) is 11.8 Å². The van der Waals surface area contributed by atoms with Crippen LogP contribution < -0.4 is 15.1 Å². The quantitative estimate of drug-likeness (QED) is 0.109. The molecule has 3 rings (SSSR count).